The van der Waals surface area contributed by atoms with Crippen LogP contribution in [0.25, 0.3) is 5.57 Å². The number of allylic oxidation sites excluding steroid dienone is 6. The van der Waals surface area contributed by atoms with E-state index in [1.54, 1.807) is 30.5 Å². The summed E-state index contributed by atoms with van der Waals surface area (Å²) in [5, 5.41) is 4.38. The molecule has 1 aliphatic heterocycles. The van der Waals surface area contributed by atoms with Gasteiger partial charge in [-0.3, -0.25) is 5.43 Å². The van der Waals surface area contributed by atoms with E-state index < -0.39 is 5.92 Å². The van der Waals surface area contributed by atoms with Gasteiger partial charge in [0.2, 0.25) is 0 Å². The molecule has 194 valence electrons. The molecule has 37 heavy (non-hydrogen) atoms. The number of hydrogen-bond acceptors (Lipinski definition) is 3. The molecular weight excluding hydrogens is 471 g/mol. The molecule has 0 saturated heterocycles. The molecule has 0 unspecified atom stereocenters. The van der Waals surface area contributed by atoms with Gasteiger partial charge in [0.1, 0.15) is 5.82 Å². The molecule has 3 nitrogen and oxygen atoms in total. The zero-order valence-corrected chi connectivity index (χ0v) is 21.9. The van der Waals surface area contributed by atoms with Crippen LogP contribution in [-0.4, -0.2) is 18.2 Å². The number of benzene rings is 2. The van der Waals surface area contributed by atoms with E-state index >= 15 is 0 Å². The van der Waals surface area contributed by atoms with Crippen molar-refractivity contribution in [3.63, 3.8) is 0 Å². The van der Waals surface area contributed by atoms with Crippen LogP contribution >= 0.6 is 0 Å². The lowest BCUT2D eigenvalue weighted by Gasteiger charge is -2.27. The molecule has 4 rings (SSSR count). The first kappa shape index (κ1) is 27.8. The van der Waals surface area contributed by atoms with Gasteiger partial charge in [-0.25, -0.2) is 13.2 Å². The second-order valence-corrected chi connectivity index (χ2v) is 9.89. The zero-order chi connectivity index (χ0) is 27.2. The number of alkyl halides is 2. The standard InChI is InChI=1S/C29H30F3N3.C2H4/c1-28(2)15-13-21(14-16-28)25-17-33-34-26(27(25)22-7-11-24(30)12-8-22)19-35(4)18-20-5-9-23(10-6-20)29(3,31)32;1-2/h5-15,17,19,34H,16,18H2,1-4H3;1-2H2/b26-19-;. The molecule has 0 amide bonds. The molecule has 2 aliphatic rings. The quantitative estimate of drug-likeness (QED) is 0.403. The van der Waals surface area contributed by atoms with Crippen molar-refractivity contribution >= 4 is 11.8 Å². The summed E-state index contributed by atoms with van der Waals surface area (Å²) in [6.07, 6.45) is 11.2. The Kier molecular flexibility index (Phi) is 8.64. The lowest BCUT2D eigenvalue weighted by Crippen LogP contribution is -2.21. The third-order valence-electron chi connectivity index (χ3n) is 6.17. The maximum Gasteiger partial charge on any atom is 0.270 e. The molecule has 2 aromatic carbocycles. The van der Waals surface area contributed by atoms with Crippen LogP contribution in [0, 0.1) is 11.2 Å². The normalized spacial score (nSPS) is 17.6. The SMILES string of the molecule is C=C.CN(/C=C1\NN=CC(C2=CCC(C)(C)C=C2)=C1c1ccc(F)cc1)Cc1ccc(C(C)(F)F)cc1. The van der Waals surface area contributed by atoms with E-state index in [1.165, 1.54) is 24.3 Å². The predicted molar refractivity (Wildman–Crippen MR) is 147 cm³/mol. The van der Waals surface area contributed by atoms with Crippen molar-refractivity contribution in [2.75, 3.05) is 7.05 Å². The first-order valence-corrected chi connectivity index (χ1v) is 12.1. The number of nitrogens with zero attached hydrogens (tertiary/aromatic N) is 2. The highest BCUT2D eigenvalue weighted by Crippen LogP contribution is 2.36. The van der Waals surface area contributed by atoms with Gasteiger partial charge in [-0.05, 0) is 40.7 Å². The fourth-order valence-corrected chi connectivity index (χ4v) is 4.15. The third kappa shape index (κ3) is 7.13. The predicted octanol–water partition coefficient (Wildman–Crippen LogP) is 7.97. The molecule has 1 N–H and O–H groups in total. The van der Waals surface area contributed by atoms with Crippen molar-refractivity contribution in [2.24, 2.45) is 10.5 Å². The molecule has 0 fully saturated rings. The van der Waals surface area contributed by atoms with Crippen molar-refractivity contribution in [1.29, 1.82) is 0 Å². The van der Waals surface area contributed by atoms with Crippen LogP contribution in [0.15, 0.2) is 108 Å². The number of rotatable bonds is 6. The highest BCUT2D eigenvalue weighted by Gasteiger charge is 2.24. The summed E-state index contributed by atoms with van der Waals surface area (Å²) < 4.78 is 40.8. The molecule has 1 aliphatic carbocycles. The Hall–Kier alpha value is -3.80. The Bertz CT molecular complexity index is 1240. The average Bonchev–Trinajstić information content (AvgIpc) is 2.86. The van der Waals surface area contributed by atoms with E-state index in [0.29, 0.717) is 6.54 Å². The maximum absolute atomic E-state index is 13.7. The molecule has 0 atom stereocenters. The van der Waals surface area contributed by atoms with Crippen LogP contribution in [0.2, 0.25) is 0 Å². The lowest BCUT2D eigenvalue weighted by molar-refractivity contribution is 0.0174. The van der Waals surface area contributed by atoms with Crippen LogP contribution in [0.5, 0.6) is 0 Å². The van der Waals surface area contributed by atoms with E-state index in [1.807, 2.05) is 18.1 Å². The summed E-state index contributed by atoms with van der Waals surface area (Å²) in [5.74, 6) is -3.16. The van der Waals surface area contributed by atoms with Gasteiger partial charge in [-0.15, -0.1) is 13.2 Å². The minimum Gasteiger partial charge on any atom is -0.374 e. The van der Waals surface area contributed by atoms with Gasteiger partial charge in [-0.1, -0.05) is 68.5 Å². The summed E-state index contributed by atoms with van der Waals surface area (Å²) in [7, 11) is 1.92. The number of hydrazone groups is 1. The topological polar surface area (TPSA) is 27.6 Å². The summed E-state index contributed by atoms with van der Waals surface area (Å²) in [6.45, 7) is 11.8. The van der Waals surface area contributed by atoms with Crippen molar-refractivity contribution in [2.45, 2.75) is 39.7 Å². The van der Waals surface area contributed by atoms with Crippen LogP contribution in [0.4, 0.5) is 13.2 Å². The summed E-state index contributed by atoms with van der Waals surface area (Å²) in [6, 6.07) is 12.8. The number of nitrogens with one attached hydrogen (secondary N) is 1. The van der Waals surface area contributed by atoms with Crippen molar-refractivity contribution < 1.29 is 13.2 Å². The van der Waals surface area contributed by atoms with Gasteiger partial charge in [0.25, 0.3) is 5.92 Å². The van der Waals surface area contributed by atoms with Crippen molar-refractivity contribution in [1.82, 2.24) is 10.3 Å². The molecule has 0 bridgehead atoms. The highest BCUT2D eigenvalue weighted by atomic mass is 19.3. The smallest absolute Gasteiger partial charge is 0.270 e. The Morgan fingerprint density at radius 1 is 1.08 bits per heavy atom. The van der Waals surface area contributed by atoms with Gasteiger partial charge < -0.3 is 4.90 Å². The Morgan fingerprint density at radius 3 is 2.30 bits per heavy atom. The van der Waals surface area contributed by atoms with Crippen molar-refractivity contribution in [3.8, 4) is 0 Å². The first-order chi connectivity index (χ1) is 17.5. The van der Waals surface area contributed by atoms with Crippen LogP contribution < -0.4 is 5.43 Å². The first-order valence-electron chi connectivity index (χ1n) is 12.1. The van der Waals surface area contributed by atoms with Gasteiger partial charge in [0.05, 0.1) is 11.9 Å². The average molecular weight is 506 g/mol. The van der Waals surface area contributed by atoms with Gasteiger partial charge in [0.15, 0.2) is 0 Å². The molecule has 0 aromatic heterocycles. The molecule has 6 heteroatoms. The Labute approximate surface area is 218 Å². The molecule has 1 heterocycles. The minimum atomic E-state index is -2.86. The van der Waals surface area contributed by atoms with Gasteiger partial charge >= 0.3 is 0 Å². The largest absolute Gasteiger partial charge is 0.374 e. The van der Waals surface area contributed by atoms with Crippen LogP contribution in [-0.2, 0) is 12.5 Å². The molecule has 2 aromatic rings. The Morgan fingerprint density at radius 2 is 1.73 bits per heavy atom. The van der Waals surface area contributed by atoms with Gasteiger partial charge in [0, 0.05) is 43.4 Å². The van der Waals surface area contributed by atoms with E-state index in [9.17, 15) is 13.2 Å². The van der Waals surface area contributed by atoms with E-state index in [0.717, 1.165) is 46.9 Å². The monoisotopic (exact) mass is 505 g/mol. The summed E-state index contributed by atoms with van der Waals surface area (Å²) in [5.41, 5.74) is 8.68. The fraction of sp³-hybridized carbons (Fsp3) is 0.258. The number of hydrogen-bond donors (Lipinski definition) is 1. The molecule has 0 spiro atoms. The summed E-state index contributed by atoms with van der Waals surface area (Å²) in [4.78, 5) is 1.97. The molecular formula is C31H34F3N3. The van der Waals surface area contributed by atoms with Gasteiger partial charge in [-0.2, -0.15) is 5.10 Å². The second-order valence-electron chi connectivity index (χ2n) is 9.89. The number of halogens is 3. The summed E-state index contributed by atoms with van der Waals surface area (Å²) >= 11 is 0. The lowest BCUT2D eigenvalue weighted by atomic mass is 9.81. The fourth-order valence-electron chi connectivity index (χ4n) is 4.15. The van der Waals surface area contributed by atoms with Crippen LogP contribution in [0.3, 0.4) is 0 Å². The highest BCUT2D eigenvalue weighted by molar-refractivity contribution is 6.02. The zero-order valence-electron chi connectivity index (χ0n) is 21.9. The Balaban J connectivity index is 0.00000186. The van der Waals surface area contributed by atoms with Crippen LogP contribution in [0.1, 0.15) is 43.9 Å². The third-order valence-corrected chi connectivity index (χ3v) is 6.17. The van der Waals surface area contributed by atoms with Crippen molar-refractivity contribution in [3.05, 3.63) is 125 Å². The molecule has 0 radical (unpaired) electrons. The van der Waals surface area contributed by atoms with E-state index in [-0.39, 0.29) is 16.8 Å². The minimum absolute atomic E-state index is 0.00583. The van der Waals surface area contributed by atoms with E-state index in [4.69, 9.17) is 0 Å². The molecule has 0 saturated carbocycles. The second kappa shape index (κ2) is 11.5. The maximum atomic E-state index is 13.7. The van der Waals surface area contributed by atoms with E-state index in [2.05, 4.69) is 55.8 Å².